The first kappa shape index (κ1) is 12.1. The van der Waals surface area contributed by atoms with Gasteiger partial charge >= 0.3 is 0 Å². The highest BCUT2D eigenvalue weighted by Crippen LogP contribution is 2.31. The van der Waals surface area contributed by atoms with E-state index < -0.39 is 6.10 Å². The minimum Gasteiger partial charge on any atom is -0.387 e. The Labute approximate surface area is 105 Å². The molecule has 2 rings (SSSR count). The molecule has 2 atom stereocenters. The predicted molar refractivity (Wildman–Crippen MR) is 71.0 cm³/mol. The van der Waals surface area contributed by atoms with Crippen molar-refractivity contribution >= 4 is 16.5 Å². The van der Waals surface area contributed by atoms with Crippen LogP contribution in [0.2, 0.25) is 0 Å². The van der Waals surface area contributed by atoms with E-state index in [0.29, 0.717) is 17.5 Å². The van der Waals surface area contributed by atoms with Crippen LogP contribution < -0.4 is 5.73 Å². The lowest BCUT2D eigenvalue weighted by Crippen LogP contribution is -2.02. The van der Waals surface area contributed by atoms with Crippen molar-refractivity contribution < 1.29 is 5.11 Å². The van der Waals surface area contributed by atoms with Crippen molar-refractivity contribution in [3.63, 3.8) is 0 Å². The number of nitrogens with two attached hydrogens (primary N) is 1. The number of thiazole rings is 1. The standard InChI is InChI=1S/C13H16N2OS/c1-9(10-5-3-2-4-6-10)7-11(16)12-8-15-13(14)17-12/h2-6,8-9,11,16H,7H2,1H3,(H2,14,15). The van der Waals surface area contributed by atoms with E-state index >= 15 is 0 Å². The minimum absolute atomic E-state index is 0.314. The van der Waals surface area contributed by atoms with Gasteiger partial charge in [0.2, 0.25) is 0 Å². The van der Waals surface area contributed by atoms with Crippen LogP contribution in [0.1, 0.15) is 35.8 Å². The maximum absolute atomic E-state index is 10.1. The van der Waals surface area contributed by atoms with Crippen molar-refractivity contribution in [1.29, 1.82) is 0 Å². The third kappa shape index (κ3) is 3.05. The summed E-state index contributed by atoms with van der Waals surface area (Å²) in [6, 6.07) is 10.2. The van der Waals surface area contributed by atoms with Gasteiger partial charge in [-0.2, -0.15) is 0 Å². The zero-order valence-corrected chi connectivity index (χ0v) is 10.5. The molecule has 0 saturated carbocycles. The SMILES string of the molecule is CC(CC(O)c1cnc(N)s1)c1ccccc1. The molecule has 1 aromatic carbocycles. The van der Waals surface area contributed by atoms with Gasteiger partial charge in [0, 0.05) is 6.20 Å². The Kier molecular flexibility index (Phi) is 3.76. The normalized spacial score (nSPS) is 14.5. The summed E-state index contributed by atoms with van der Waals surface area (Å²) in [7, 11) is 0. The highest BCUT2D eigenvalue weighted by atomic mass is 32.1. The molecule has 0 radical (unpaired) electrons. The number of hydrogen-bond donors (Lipinski definition) is 2. The molecule has 0 aliphatic carbocycles. The number of aliphatic hydroxyl groups excluding tert-OH is 1. The molecule has 3 N–H and O–H groups in total. The van der Waals surface area contributed by atoms with Crippen LogP contribution in [0, 0.1) is 0 Å². The van der Waals surface area contributed by atoms with E-state index in [0.717, 1.165) is 4.88 Å². The molecule has 0 saturated heterocycles. The molecule has 0 aliphatic heterocycles. The molecular weight excluding hydrogens is 232 g/mol. The van der Waals surface area contributed by atoms with Crippen LogP contribution in [0.4, 0.5) is 5.13 Å². The first-order valence-electron chi connectivity index (χ1n) is 5.61. The van der Waals surface area contributed by atoms with Gasteiger partial charge in [-0.15, -0.1) is 0 Å². The van der Waals surface area contributed by atoms with Crippen LogP contribution in [0.25, 0.3) is 0 Å². The van der Waals surface area contributed by atoms with Crippen molar-refractivity contribution in [2.24, 2.45) is 0 Å². The van der Waals surface area contributed by atoms with Crippen LogP contribution in [0.5, 0.6) is 0 Å². The summed E-state index contributed by atoms with van der Waals surface area (Å²) < 4.78 is 0. The van der Waals surface area contributed by atoms with E-state index in [9.17, 15) is 5.11 Å². The molecule has 0 bridgehead atoms. The molecule has 0 aliphatic rings. The second-order valence-electron chi connectivity index (χ2n) is 4.16. The molecule has 1 heterocycles. The van der Waals surface area contributed by atoms with Crippen molar-refractivity contribution in [3.8, 4) is 0 Å². The Bertz CT molecular complexity index is 469. The Hall–Kier alpha value is -1.39. The zero-order chi connectivity index (χ0) is 12.3. The van der Waals surface area contributed by atoms with Gasteiger partial charge < -0.3 is 10.8 Å². The first-order chi connectivity index (χ1) is 8.16. The first-order valence-corrected chi connectivity index (χ1v) is 6.42. The molecule has 2 unspecified atom stereocenters. The molecule has 90 valence electrons. The molecule has 0 amide bonds. The quantitative estimate of drug-likeness (QED) is 0.874. The molecule has 1 aromatic heterocycles. The van der Waals surface area contributed by atoms with Crippen LogP contribution in [-0.2, 0) is 0 Å². The van der Waals surface area contributed by atoms with E-state index in [4.69, 9.17) is 5.73 Å². The number of aliphatic hydroxyl groups is 1. The van der Waals surface area contributed by atoms with Crippen LogP contribution in [-0.4, -0.2) is 10.1 Å². The highest BCUT2D eigenvalue weighted by molar-refractivity contribution is 7.15. The van der Waals surface area contributed by atoms with Crippen molar-refractivity contribution in [2.45, 2.75) is 25.4 Å². The van der Waals surface area contributed by atoms with Gasteiger partial charge in [0.05, 0.1) is 11.0 Å². The molecule has 0 fully saturated rings. The van der Waals surface area contributed by atoms with Gasteiger partial charge in [-0.05, 0) is 17.9 Å². The summed E-state index contributed by atoms with van der Waals surface area (Å²) >= 11 is 1.35. The van der Waals surface area contributed by atoms with E-state index in [1.807, 2.05) is 18.2 Å². The third-order valence-corrected chi connectivity index (χ3v) is 3.74. The number of anilines is 1. The van der Waals surface area contributed by atoms with Crippen molar-refractivity contribution in [3.05, 3.63) is 47.0 Å². The van der Waals surface area contributed by atoms with Gasteiger partial charge in [-0.25, -0.2) is 4.98 Å². The van der Waals surface area contributed by atoms with Gasteiger partial charge in [0.1, 0.15) is 0 Å². The maximum atomic E-state index is 10.1. The summed E-state index contributed by atoms with van der Waals surface area (Å²) in [6.45, 7) is 2.11. The Balaban J connectivity index is 2.02. The monoisotopic (exact) mass is 248 g/mol. The topological polar surface area (TPSA) is 59.1 Å². The summed E-state index contributed by atoms with van der Waals surface area (Å²) in [4.78, 5) is 4.79. The number of aromatic nitrogens is 1. The lowest BCUT2D eigenvalue weighted by atomic mass is 9.95. The molecule has 3 nitrogen and oxygen atoms in total. The third-order valence-electron chi connectivity index (χ3n) is 2.82. The molecule has 4 heteroatoms. The molecule has 17 heavy (non-hydrogen) atoms. The number of hydrogen-bond acceptors (Lipinski definition) is 4. The van der Waals surface area contributed by atoms with Crippen molar-refractivity contribution in [2.75, 3.05) is 5.73 Å². The number of nitrogen functional groups attached to an aromatic ring is 1. The van der Waals surface area contributed by atoms with Gasteiger partial charge in [0.25, 0.3) is 0 Å². The second-order valence-corrected chi connectivity index (χ2v) is 5.26. The number of nitrogens with zero attached hydrogens (tertiary/aromatic N) is 1. The average Bonchev–Trinajstić information content (AvgIpc) is 2.77. The fourth-order valence-corrected chi connectivity index (χ4v) is 2.51. The van der Waals surface area contributed by atoms with E-state index in [2.05, 4.69) is 24.0 Å². The minimum atomic E-state index is -0.486. The predicted octanol–water partition coefficient (Wildman–Crippen LogP) is 2.95. The van der Waals surface area contributed by atoms with E-state index in [-0.39, 0.29) is 0 Å². The summed E-state index contributed by atoms with van der Waals surface area (Å²) in [5.41, 5.74) is 6.79. The fourth-order valence-electron chi connectivity index (χ4n) is 1.82. The molecule has 0 spiro atoms. The Morgan fingerprint density at radius 2 is 2.06 bits per heavy atom. The Morgan fingerprint density at radius 1 is 1.35 bits per heavy atom. The van der Waals surface area contributed by atoms with Crippen LogP contribution in [0.15, 0.2) is 36.5 Å². The average molecular weight is 248 g/mol. The van der Waals surface area contributed by atoms with Crippen LogP contribution in [0.3, 0.4) is 0 Å². The lowest BCUT2D eigenvalue weighted by molar-refractivity contribution is 0.163. The Morgan fingerprint density at radius 3 is 2.65 bits per heavy atom. The van der Waals surface area contributed by atoms with Gasteiger partial charge in [0.15, 0.2) is 5.13 Å². The smallest absolute Gasteiger partial charge is 0.180 e. The fraction of sp³-hybridized carbons (Fsp3) is 0.308. The van der Waals surface area contributed by atoms with Crippen LogP contribution >= 0.6 is 11.3 Å². The summed E-state index contributed by atoms with van der Waals surface area (Å²) in [6.07, 6.45) is 1.86. The lowest BCUT2D eigenvalue weighted by Gasteiger charge is -2.15. The van der Waals surface area contributed by atoms with Crippen molar-refractivity contribution in [1.82, 2.24) is 4.98 Å². The van der Waals surface area contributed by atoms with E-state index in [1.54, 1.807) is 6.20 Å². The molecular formula is C13H16N2OS. The summed E-state index contributed by atoms with van der Waals surface area (Å²) in [5, 5.41) is 10.6. The highest BCUT2D eigenvalue weighted by Gasteiger charge is 2.15. The number of rotatable bonds is 4. The second kappa shape index (κ2) is 5.29. The summed E-state index contributed by atoms with van der Waals surface area (Å²) in [5.74, 6) is 0.314. The maximum Gasteiger partial charge on any atom is 0.180 e. The zero-order valence-electron chi connectivity index (χ0n) is 9.71. The van der Waals surface area contributed by atoms with E-state index in [1.165, 1.54) is 16.9 Å². The van der Waals surface area contributed by atoms with Gasteiger partial charge in [-0.3, -0.25) is 0 Å². The van der Waals surface area contributed by atoms with Gasteiger partial charge in [-0.1, -0.05) is 48.6 Å². The largest absolute Gasteiger partial charge is 0.387 e. The molecule has 2 aromatic rings. The number of benzene rings is 1.